The lowest BCUT2D eigenvalue weighted by atomic mass is 9.94. The van der Waals surface area contributed by atoms with Gasteiger partial charge in [-0.1, -0.05) is 31.4 Å². The monoisotopic (exact) mass is 360 g/mol. The molecule has 5 rings (SSSR count). The Balaban J connectivity index is 1.68. The van der Waals surface area contributed by atoms with Crippen molar-refractivity contribution in [3.8, 4) is 11.4 Å². The molecule has 4 aromatic rings. The standard InChI is InChI=1S/C21H24N6/c1-26-12-15(19-24-16-10-6-7-11-17(16)25-19)18-20(26)22-13-23-21(18)27(2)14-8-4-3-5-9-14/h6-7,10-14H,3-5,8-9H2,1-2H3,(H,24,25). The number of nitrogens with zero attached hydrogens (tertiary/aromatic N) is 5. The van der Waals surface area contributed by atoms with Crippen molar-refractivity contribution in [2.24, 2.45) is 7.05 Å². The van der Waals surface area contributed by atoms with Crippen LogP contribution in [0.15, 0.2) is 36.8 Å². The van der Waals surface area contributed by atoms with Crippen LogP contribution in [-0.4, -0.2) is 37.6 Å². The third-order valence-corrected chi connectivity index (χ3v) is 5.83. The zero-order chi connectivity index (χ0) is 18.4. The summed E-state index contributed by atoms with van der Waals surface area (Å²) < 4.78 is 2.07. The van der Waals surface area contributed by atoms with E-state index in [1.165, 1.54) is 32.1 Å². The highest BCUT2D eigenvalue weighted by atomic mass is 15.2. The third-order valence-electron chi connectivity index (χ3n) is 5.83. The molecule has 0 bridgehead atoms. The molecule has 1 aliphatic rings. The minimum atomic E-state index is 0.542. The summed E-state index contributed by atoms with van der Waals surface area (Å²) in [5.41, 5.74) is 4.02. The smallest absolute Gasteiger partial charge is 0.145 e. The van der Waals surface area contributed by atoms with Gasteiger partial charge in [-0.15, -0.1) is 0 Å². The molecule has 1 N–H and O–H groups in total. The number of imidazole rings is 1. The molecule has 0 saturated heterocycles. The second-order valence-corrected chi connectivity index (χ2v) is 7.55. The predicted octanol–water partition coefficient (Wildman–Crippen LogP) is 4.28. The molecule has 27 heavy (non-hydrogen) atoms. The highest BCUT2D eigenvalue weighted by Crippen LogP contribution is 2.36. The molecule has 6 nitrogen and oxygen atoms in total. The Hall–Kier alpha value is -2.89. The average molecular weight is 360 g/mol. The van der Waals surface area contributed by atoms with E-state index in [0.717, 1.165) is 39.3 Å². The molecule has 0 radical (unpaired) electrons. The molecular weight excluding hydrogens is 336 g/mol. The summed E-state index contributed by atoms with van der Waals surface area (Å²) in [5.74, 6) is 1.87. The zero-order valence-electron chi connectivity index (χ0n) is 15.8. The number of H-pyrrole nitrogens is 1. The lowest BCUT2D eigenvalue weighted by Crippen LogP contribution is -2.34. The number of nitrogens with one attached hydrogen (secondary N) is 1. The van der Waals surface area contributed by atoms with E-state index in [9.17, 15) is 0 Å². The summed E-state index contributed by atoms with van der Waals surface area (Å²) >= 11 is 0. The van der Waals surface area contributed by atoms with Crippen LogP contribution in [0.4, 0.5) is 5.82 Å². The van der Waals surface area contributed by atoms with Crippen LogP contribution in [-0.2, 0) is 7.05 Å². The Morgan fingerprint density at radius 1 is 1.11 bits per heavy atom. The highest BCUT2D eigenvalue weighted by molar-refractivity contribution is 6.01. The Kier molecular flexibility index (Phi) is 3.85. The quantitative estimate of drug-likeness (QED) is 0.592. The lowest BCUT2D eigenvalue weighted by Gasteiger charge is -2.32. The summed E-state index contributed by atoms with van der Waals surface area (Å²) in [6.45, 7) is 0. The Labute approximate surface area is 158 Å². The maximum atomic E-state index is 4.82. The van der Waals surface area contributed by atoms with E-state index in [-0.39, 0.29) is 0 Å². The van der Waals surface area contributed by atoms with Gasteiger partial charge in [-0.2, -0.15) is 0 Å². The van der Waals surface area contributed by atoms with Gasteiger partial charge in [-0.3, -0.25) is 0 Å². The molecule has 6 heteroatoms. The molecule has 1 saturated carbocycles. The van der Waals surface area contributed by atoms with Gasteiger partial charge in [0.25, 0.3) is 0 Å². The first-order valence-corrected chi connectivity index (χ1v) is 9.70. The van der Waals surface area contributed by atoms with E-state index in [4.69, 9.17) is 9.97 Å². The van der Waals surface area contributed by atoms with Gasteiger partial charge < -0.3 is 14.5 Å². The van der Waals surface area contributed by atoms with E-state index in [1.807, 2.05) is 25.2 Å². The van der Waals surface area contributed by atoms with Crippen molar-refractivity contribution >= 4 is 27.9 Å². The Morgan fingerprint density at radius 2 is 1.93 bits per heavy atom. The SMILES string of the molecule is CN(c1ncnc2c1c(-c1nc3ccccc3[nH]1)cn2C)C1CCCCC1. The van der Waals surface area contributed by atoms with Crippen molar-refractivity contribution in [2.45, 2.75) is 38.1 Å². The number of aromatic amines is 1. The van der Waals surface area contributed by atoms with Gasteiger partial charge in [0.1, 0.15) is 23.6 Å². The number of benzene rings is 1. The first-order chi connectivity index (χ1) is 13.2. The number of para-hydroxylation sites is 2. The lowest BCUT2D eigenvalue weighted by molar-refractivity contribution is 0.426. The molecule has 1 aromatic carbocycles. The molecule has 0 spiro atoms. The summed E-state index contributed by atoms with van der Waals surface area (Å²) in [6.07, 6.45) is 10.2. The fourth-order valence-corrected chi connectivity index (χ4v) is 4.36. The summed E-state index contributed by atoms with van der Waals surface area (Å²) in [4.78, 5) is 19.9. The Morgan fingerprint density at radius 3 is 2.74 bits per heavy atom. The van der Waals surface area contributed by atoms with E-state index < -0.39 is 0 Å². The van der Waals surface area contributed by atoms with E-state index in [1.54, 1.807) is 6.33 Å². The number of fused-ring (bicyclic) bond motifs is 2. The minimum Gasteiger partial charge on any atom is -0.356 e. The first kappa shape index (κ1) is 16.3. The number of aromatic nitrogens is 5. The number of aryl methyl sites for hydroxylation is 1. The molecule has 3 heterocycles. The maximum Gasteiger partial charge on any atom is 0.145 e. The van der Waals surface area contributed by atoms with Gasteiger partial charge in [0.2, 0.25) is 0 Å². The summed E-state index contributed by atoms with van der Waals surface area (Å²) in [7, 11) is 4.21. The van der Waals surface area contributed by atoms with Crippen LogP contribution in [0.5, 0.6) is 0 Å². The molecule has 1 aliphatic carbocycles. The molecule has 1 fully saturated rings. The average Bonchev–Trinajstić information content (AvgIpc) is 3.29. The van der Waals surface area contributed by atoms with E-state index in [2.05, 4.69) is 38.7 Å². The second kappa shape index (κ2) is 6.37. The molecule has 138 valence electrons. The summed E-state index contributed by atoms with van der Waals surface area (Å²) in [5, 5.41) is 1.08. The van der Waals surface area contributed by atoms with Crippen LogP contribution < -0.4 is 4.90 Å². The molecule has 0 unspecified atom stereocenters. The van der Waals surface area contributed by atoms with Gasteiger partial charge >= 0.3 is 0 Å². The minimum absolute atomic E-state index is 0.542. The van der Waals surface area contributed by atoms with Crippen molar-refractivity contribution < 1.29 is 0 Å². The zero-order valence-corrected chi connectivity index (χ0v) is 15.8. The van der Waals surface area contributed by atoms with Gasteiger partial charge in [-0.05, 0) is 25.0 Å². The van der Waals surface area contributed by atoms with Gasteiger partial charge in [0.05, 0.1) is 16.4 Å². The van der Waals surface area contributed by atoms with E-state index >= 15 is 0 Å². The van der Waals surface area contributed by atoms with Crippen LogP contribution >= 0.6 is 0 Å². The van der Waals surface area contributed by atoms with Crippen molar-refractivity contribution in [3.05, 3.63) is 36.8 Å². The highest BCUT2D eigenvalue weighted by Gasteiger charge is 2.24. The number of hydrogen-bond donors (Lipinski definition) is 1. The second-order valence-electron chi connectivity index (χ2n) is 7.55. The van der Waals surface area contributed by atoms with Crippen LogP contribution in [0.2, 0.25) is 0 Å². The number of hydrogen-bond acceptors (Lipinski definition) is 4. The van der Waals surface area contributed by atoms with Gasteiger partial charge in [0.15, 0.2) is 0 Å². The number of anilines is 1. The van der Waals surface area contributed by atoms with Gasteiger partial charge in [0, 0.05) is 31.9 Å². The van der Waals surface area contributed by atoms with Crippen molar-refractivity contribution in [2.75, 3.05) is 11.9 Å². The van der Waals surface area contributed by atoms with Crippen molar-refractivity contribution in [3.63, 3.8) is 0 Å². The van der Waals surface area contributed by atoms with Crippen molar-refractivity contribution in [1.29, 1.82) is 0 Å². The van der Waals surface area contributed by atoms with Crippen LogP contribution in [0.1, 0.15) is 32.1 Å². The van der Waals surface area contributed by atoms with Crippen molar-refractivity contribution in [1.82, 2.24) is 24.5 Å². The fourth-order valence-electron chi connectivity index (χ4n) is 4.36. The van der Waals surface area contributed by atoms with Gasteiger partial charge in [-0.25, -0.2) is 15.0 Å². The Bertz CT molecular complexity index is 1070. The largest absolute Gasteiger partial charge is 0.356 e. The molecule has 0 amide bonds. The first-order valence-electron chi connectivity index (χ1n) is 9.70. The predicted molar refractivity (Wildman–Crippen MR) is 109 cm³/mol. The number of rotatable bonds is 3. The topological polar surface area (TPSA) is 62.6 Å². The normalized spacial score (nSPS) is 15.6. The molecule has 0 atom stereocenters. The molecule has 0 aliphatic heterocycles. The van der Waals surface area contributed by atoms with Crippen LogP contribution in [0, 0.1) is 0 Å². The maximum absolute atomic E-state index is 4.82. The summed E-state index contributed by atoms with van der Waals surface area (Å²) in [6, 6.07) is 8.68. The molecule has 3 aromatic heterocycles. The molecular formula is C21H24N6. The van der Waals surface area contributed by atoms with Crippen LogP contribution in [0.3, 0.4) is 0 Å². The van der Waals surface area contributed by atoms with E-state index in [0.29, 0.717) is 6.04 Å². The third kappa shape index (κ3) is 2.67. The van der Waals surface area contributed by atoms with Crippen LogP contribution in [0.25, 0.3) is 33.5 Å². The fraction of sp³-hybridized carbons (Fsp3) is 0.381.